The number of aliphatic hydroxyl groups excluding tert-OH is 1. The van der Waals surface area contributed by atoms with Gasteiger partial charge in [0.05, 0.1) is 39.9 Å². The summed E-state index contributed by atoms with van der Waals surface area (Å²) in [6, 6.07) is -0.905. The topological polar surface area (TPSA) is 108 Å². The van der Waals surface area contributed by atoms with E-state index in [1.165, 1.54) is 154 Å². The zero-order chi connectivity index (χ0) is 43.6. The number of hydrogen-bond acceptors (Lipinski definition) is 6. The lowest BCUT2D eigenvalue weighted by molar-refractivity contribution is -0.870. The van der Waals surface area contributed by atoms with Crippen LogP contribution in [0.2, 0.25) is 0 Å². The van der Waals surface area contributed by atoms with Gasteiger partial charge in [-0.05, 0) is 38.5 Å². The van der Waals surface area contributed by atoms with E-state index >= 15 is 0 Å². The van der Waals surface area contributed by atoms with Gasteiger partial charge in [0.15, 0.2) is 0 Å². The smallest absolute Gasteiger partial charge is 0.268 e. The fraction of sp³-hybridized carbons (Fsp3) is 0.860. The molecule has 0 aliphatic rings. The number of quaternary nitrogens is 1. The van der Waals surface area contributed by atoms with Crippen LogP contribution in [0.3, 0.4) is 0 Å². The van der Waals surface area contributed by atoms with Gasteiger partial charge in [0.25, 0.3) is 7.82 Å². The number of carbonyl (C=O) groups excluding carboxylic acids is 1. The second kappa shape index (κ2) is 42.0. The molecule has 59 heavy (non-hydrogen) atoms. The SMILES string of the molecule is CC/C=C/CC/C=C/CC/C=C/C(O)C(COP(=O)([O-])OCC[N+](C)(C)C)NC(=O)CCCCCCCCCCCCCCCCCCCCCCCCCCCCC. The fourth-order valence-electron chi connectivity index (χ4n) is 7.19. The molecule has 0 fully saturated rings. The van der Waals surface area contributed by atoms with E-state index in [-0.39, 0.29) is 12.5 Å². The number of rotatable bonds is 45. The molecular formula is C50H97N2O6P. The standard InChI is InChI=1S/C50H97N2O6P/c1-6-8-10-12-14-16-18-19-20-21-22-23-24-25-26-27-28-29-30-31-32-33-34-36-38-40-42-44-50(54)51-48(47-58-59(55,56)57-46-45-52(3,4)5)49(53)43-41-39-37-35-17-15-13-11-9-7-2/h9,11,17,35,41,43,48-49,53H,6-8,10,12-16,18-34,36-40,42,44-47H2,1-5H3,(H-,51,54,55,56)/b11-9+,35-17+,43-41+. The van der Waals surface area contributed by atoms with Gasteiger partial charge in [-0.2, -0.15) is 0 Å². The molecule has 0 aromatic carbocycles. The van der Waals surface area contributed by atoms with Crippen LogP contribution in [-0.2, 0) is 18.4 Å². The summed E-state index contributed by atoms with van der Waals surface area (Å²) in [6.07, 6.45) is 52.4. The molecule has 0 aliphatic carbocycles. The molecule has 9 heteroatoms. The number of amides is 1. The highest BCUT2D eigenvalue weighted by molar-refractivity contribution is 7.45. The Morgan fingerprint density at radius 3 is 1.36 bits per heavy atom. The zero-order valence-electron chi connectivity index (χ0n) is 39.5. The minimum Gasteiger partial charge on any atom is -0.756 e. The third kappa shape index (κ3) is 44.6. The Labute approximate surface area is 366 Å². The average Bonchev–Trinajstić information content (AvgIpc) is 3.19. The van der Waals surface area contributed by atoms with Crippen molar-refractivity contribution in [2.75, 3.05) is 40.9 Å². The van der Waals surface area contributed by atoms with Gasteiger partial charge < -0.3 is 28.8 Å². The van der Waals surface area contributed by atoms with E-state index in [2.05, 4.69) is 43.5 Å². The second-order valence-electron chi connectivity index (χ2n) is 18.1. The molecular weight excluding hydrogens is 756 g/mol. The largest absolute Gasteiger partial charge is 0.756 e. The third-order valence-corrected chi connectivity index (χ3v) is 12.1. The van der Waals surface area contributed by atoms with Crippen molar-refractivity contribution >= 4 is 13.7 Å². The highest BCUT2D eigenvalue weighted by Gasteiger charge is 2.23. The molecule has 0 rings (SSSR count). The molecule has 3 unspecified atom stereocenters. The van der Waals surface area contributed by atoms with Gasteiger partial charge in [0.1, 0.15) is 13.2 Å². The quantitative estimate of drug-likeness (QED) is 0.0273. The number of nitrogens with zero attached hydrogens (tertiary/aromatic N) is 1. The van der Waals surface area contributed by atoms with Crippen LogP contribution in [0, 0.1) is 0 Å². The Morgan fingerprint density at radius 2 is 0.966 bits per heavy atom. The van der Waals surface area contributed by atoms with Crippen LogP contribution in [0.25, 0.3) is 0 Å². The van der Waals surface area contributed by atoms with Crippen molar-refractivity contribution in [3.8, 4) is 0 Å². The van der Waals surface area contributed by atoms with E-state index in [0.29, 0.717) is 17.4 Å². The molecule has 0 aromatic heterocycles. The molecule has 0 aromatic rings. The maximum Gasteiger partial charge on any atom is 0.268 e. The third-order valence-electron chi connectivity index (χ3n) is 11.1. The molecule has 348 valence electrons. The monoisotopic (exact) mass is 853 g/mol. The summed E-state index contributed by atoms with van der Waals surface area (Å²) in [5.41, 5.74) is 0. The molecule has 0 aliphatic heterocycles. The zero-order valence-corrected chi connectivity index (χ0v) is 40.4. The Balaban J connectivity index is 4.08. The van der Waals surface area contributed by atoms with E-state index in [1.807, 2.05) is 27.2 Å². The molecule has 0 radical (unpaired) electrons. The Hall–Kier alpha value is -1.28. The lowest BCUT2D eigenvalue weighted by Crippen LogP contribution is -2.45. The summed E-state index contributed by atoms with van der Waals surface area (Å²) in [5.74, 6) is -0.211. The number of phosphoric ester groups is 1. The first kappa shape index (κ1) is 57.7. The van der Waals surface area contributed by atoms with E-state index in [4.69, 9.17) is 9.05 Å². The number of likely N-dealkylation sites (N-methyl/N-ethyl adjacent to an activating group) is 1. The summed E-state index contributed by atoms with van der Waals surface area (Å²) in [4.78, 5) is 25.3. The average molecular weight is 853 g/mol. The summed E-state index contributed by atoms with van der Waals surface area (Å²) >= 11 is 0. The number of unbranched alkanes of at least 4 members (excludes halogenated alkanes) is 28. The van der Waals surface area contributed by atoms with Crippen LogP contribution in [0.1, 0.15) is 226 Å². The van der Waals surface area contributed by atoms with Crippen molar-refractivity contribution in [3.05, 3.63) is 36.5 Å². The van der Waals surface area contributed by atoms with Crippen LogP contribution in [-0.4, -0.2) is 68.5 Å². The molecule has 0 heterocycles. The van der Waals surface area contributed by atoms with Gasteiger partial charge in [0.2, 0.25) is 5.91 Å². The Kier molecular flexibility index (Phi) is 41.1. The maximum absolute atomic E-state index is 12.9. The molecule has 0 saturated heterocycles. The number of phosphoric acid groups is 1. The predicted molar refractivity (Wildman–Crippen MR) is 251 cm³/mol. The summed E-state index contributed by atoms with van der Waals surface area (Å²) in [7, 11) is 1.24. The second-order valence-corrected chi connectivity index (χ2v) is 19.5. The lowest BCUT2D eigenvalue weighted by Gasteiger charge is -2.29. The van der Waals surface area contributed by atoms with Crippen LogP contribution in [0.15, 0.2) is 36.5 Å². The van der Waals surface area contributed by atoms with Crippen LogP contribution in [0.4, 0.5) is 0 Å². The van der Waals surface area contributed by atoms with Crippen molar-refractivity contribution in [1.82, 2.24) is 5.32 Å². The molecule has 1 amide bonds. The predicted octanol–water partition coefficient (Wildman–Crippen LogP) is 13.6. The first-order chi connectivity index (χ1) is 28.5. The summed E-state index contributed by atoms with van der Waals surface area (Å²) in [6.45, 7) is 4.51. The molecule has 3 atom stereocenters. The number of nitrogens with one attached hydrogen (secondary N) is 1. The van der Waals surface area contributed by atoms with Crippen molar-refractivity contribution in [1.29, 1.82) is 0 Å². The molecule has 0 saturated carbocycles. The van der Waals surface area contributed by atoms with E-state index in [1.54, 1.807) is 6.08 Å². The molecule has 2 N–H and O–H groups in total. The van der Waals surface area contributed by atoms with Gasteiger partial charge in [-0.3, -0.25) is 9.36 Å². The van der Waals surface area contributed by atoms with E-state index in [0.717, 1.165) is 51.4 Å². The van der Waals surface area contributed by atoms with Crippen molar-refractivity contribution in [2.24, 2.45) is 0 Å². The highest BCUT2D eigenvalue weighted by Crippen LogP contribution is 2.38. The van der Waals surface area contributed by atoms with Gasteiger partial charge in [0, 0.05) is 6.42 Å². The highest BCUT2D eigenvalue weighted by atomic mass is 31.2. The van der Waals surface area contributed by atoms with E-state index in [9.17, 15) is 19.4 Å². The molecule has 0 bridgehead atoms. The minimum atomic E-state index is -4.59. The van der Waals surface area contributed by atoms with Crippen LogP contribution in [0.5, 0.6) is 0 Å². The molecule has 8 nitrogen and oxygen atoms in total. The summed E-state index contributed by atoms with van der Waals surface area (Å²) < 4.78 is 23.1. The number of aliphatic hydroxyl groups is 1. The fourth-order valence-corrected chi connectivity index (χ4v) is 7.92. The molecule has 0 spiro atoms. The van der Waals surface area contributed by atoms with Crippen molar-refractivity contribution in [2.45, 2.75) is 238 Å². The minimum absolute atomic E-state index is 0.00813. The van der Waals surface area contributed by atoms with Gasteiger partial charge in [-0.15, -0.1) is 0 Å². The van der Waals surface area contributed by atoms with E-state index < -0.39 is 26.6 Å². The Morgan fingerprint density at radius 1 is 0.593 bits per heavy atom. The Bertz CT molecular complexity index is 1060. The maximum atomic E-state index is 12.9. The van der Waals surface area contributed by atoms with Gasteiger partial charge in [-0.25, -0.2) is 0 Å². The van der Waals surface area contributed by atoms with Crippen molar-refractivity contribution < 1.29 is 32.9 Å². The number of carbonyl (C=O) groups is 1. The van der Waals surface area contributed by atoms with Gasteiger partial charge in [-0.1, -0.05) is 217 Å². The van der Waals surface area contributed by atoms with Crippen LogP contribution < -0.4 is 10.2 Å². The van der Waals surface area contributed by atoms with Gasteiger partial charge >= 0.3 is 0 Å². The lowest BCUT2D eigenvalue weighted by atomic mass is 10.0. The van der Waals surface area contributed by atoms with Crippen molar-refractivity contribution in [3.63, 3.8) is 0 Å². The summed E-state index contributed by atoms with van der Waals surface area (Å²) in [5, 5.41) is 13.7. The first-order valence-electron chi connectivity index (χ1n) is 24.9. The number of hydrogen-bond donors (Lipinski definition) is 2. The number of allylic oxidation sites excluding steroid dienone is 5. The normalized spacial score (nSPS) is 14.5. The van der Waals surface area contributed by atoms with Crippen LogP contribution >= 0.6 is 7.82 Å². The first-order valence-corrected chi connectivity index (χ1v) is 26.3.